The van der Waals surface area contributed by atoms with Crippen LogP contribution >= 0.6 is 11.3 Å². The molecule has 0 fully saturated rings. The summed E-state index contributed by atoms with van der Waals surface area (Å²) in [5, 5.41) is 4.30. The molecule has 0 saturated carbocycles. The summed E-state index contributed by atoms with van der Waals surface area (Å²) in [6, 6.07) is 2.16. The van der Waals surface area contributed by atoms with E-state index in [0.717, 1.165) is 19.3 Å². The molecular weight excluding hydrogens is 166 g/mol. The zero-order valence-corrected chi connectivity index (χ0v) is 8.66. The fourth-order valence-electron chi connectivity index (χ4n) is 1.30. The van der Waals surface area contributed by atoms with E-state index in [0.29, 0.717) is 0 Å². The van der Waals surface area contributed by atoms with E-state index in [2.05, 4.69) is 30.7 Å². The summed E-state index contributed by atoms with van der Waals surface area (Å²) in [5.74, 6) is 0. The Morgan fingerprint density at radius 2 is 2.08 bits per heavy atom. The summed E-state index contributed by atoms with van der Waals surface area (Å²) < 4.78 is 0. The average molecular weight is 183 g/mol. The summed E-state index contributed by atoms with van der Waals surface area (Å²) >= 11 is 1.75. The Hall–Kier alpha value is -0.340. The van der Waals surface area contributed by atoms with Crippen LogP contribution in [0.2, 0.25) is 0 Å². The third kappa shape index (κ3) is 2.32. The molecule has 68 valence electrons. The van der Waals surface area contributed by atoms with Gasteiger partial charge in [0.05, 0.1) is 0 Å². The van der Waals surface area contributed by atoms with E-state index in [1.165, 1.54) is 5.56 Å². The lowest BCUT2D eigenvalue weighted by molar-refractivity contribution is 0.394. The van der Waals surface area contributed by atoms with Crippen LogP contribution in [0.3, 0.4) is 0 Å². The van der Waals surface area contributed by atoms with E-state index in [1.54, 1.807) is 11.3 Å². The molecule has 0 amide bonds. The SMILES string of the molecule is CCC(N)(CC)Cc1ccsc1. The van der Waals surface area contributed by atoms with Gasteiger partial charge in [-0.2, -0.15) is 11.3 Å². The molecule has 0 aromatic carbocycles. The van der Waals surface area contributed by atoms with Crippen molar-refractivity contribution in [3.63, 3.8) is 0 Å². The lowest BCUT2D eigenvalue weighted by atomic mass is 9.88. The Morgan fingerprint density at radius 3 is 2.50 bits per heavy atom. The van der Waals surface area contributed by atoms with E-state index in [-0.39, 0.29) is 5.54 Å². The number of rotatable bonds is 4. The molecule has 0 aliphatic rings. The zero-order chi connectivity index (χ0) is 9.03. The van der Waals surface area contributed by atoms with Gasteiger partial charge in [0.25, 0.3) is 0 Å². The van der Waals surface area contributed by atoms with Crippen LogP contribution in [0.1, 0.15) is 32.3 Å². The molecule has 1 nitrogen and oxygen atoms in total. The van der Waals surface area contributed by atoms with E-state index >= 15 is 0 Å². The summed E-state index contributed by atoms with van der Waals surface area (Å²) in [5.41, 5.74) is 7.59. The molecular formula is C10H17NS. The second-order valence-electron chi connectivity index (χ2n) is 3.38. The van der Waals surface area contributed by atoms with Gasteiger partial charge in [0.15, 0.2) is 0 Å². The second-order valence-corrected chi connectivity index (χ2v) is 4.16. The van der Waals surface area contributed by atoms with Crippen LogP contribution in [0, 0.1) is 0 Å². The van der Waals surface area contributed by atoms with Crippen LogP contribution in [-0.2, 0) is 6.42 Å². The van der Waals surface area contributed by atoms with Crippen molar-refractivity contribution in [3.05, 3.63) is 22.4 Å². The average Bonchev–Trinajstić information content (AvgIpc) is 2.57. The molecule has 2 N–H and O–H groups in total. The number of hydrogen-bond donors (Lipinski definition) is 1. The van der Waals surface area contributed by atoms with Gasteiger partial charge in [-0.1, -0.05) is 13.8 Å². The molecule has 0 radical (unpaired) electrons. The van der Waals surface area contributed by atoms with Gasteiger partial charge in [0.1, 0.15) is 0 Å². The molecule has 0 bridgehead atoms. The minimum atomic E-state index is 0.0150. The van der Waals surface area contributed by atoms with Crippen LogP contribution in [0.4, 0.5) is 0 Å². The topological polar surface area (TPSA) is 26.0 Å². The molecule has 1 aromatic heterocycles. The fourth-order valence-corrected chi connectivity index (χ4v) is 1.97. The Balaban J connectivity index is 2.60. The molecule has 1 aromatic rings. The first-order valence-electron chi connectivity index (χ1n) is 4.50. The first kappa shape index (κ1) is 9.75. The maximum atomic E-state index is 6.19. The van der Waals surface area contributed by atoms with E-state index in [4.69, 9.17) is 5.73 Å². The predicted octanol–water partition coefficient (Wildman–Crippen LogP) is 2.81. The molecule has 0 aliphatic carbocycles. The summed E-state index contributed by atoms with van der Waals surface area (Å²) in [4.78, 5) is 0. The molecule has 12 heavy (non-hydrogen) atoms. The van der Waals surface area contributed by atoms with Crippen molar-refractivity contribution in [1.29, 1.82) is 0 Å². The summed E-state index contributed by atoms with van der Waals surface area (Å²) in [6.07, 6.45) is 3.13. The summed E-state index contributed by atoms with van der Waals surface area (Å²) in [7, 11) is 0. The fraction of sp³-hybridized carbons (Fsp3) is 0.600. The van der Waals surface area contributed by atoms with Gasteiger partial charge in [-0.05, 0) is 41.7 Å². The monoisotopic (exact) mass is 183 g/mol. The van der Waals surface area contributed by atoms with Gasteiger partial charge < -0.3 is 5.73 Å². The van der Waals surface area contributed by atoms with Crippen LogP contribution in [0.25, 0.3) is 0 Å². The Bertz CT molecular complexity index is 212. The molecule has 0 saturated heterocycles. The van der Waals surface area contributed by atoms with Crippen molar-refractivity contribution < 1.29 is 0 Å². The van der Waals surface area contributed by atoms with Gasteiger partial charge in [0.2, 0.25) is 0 Å². The zero-order valence-electron chi connectivity index (χ0n) is 7.84. The largest absolute Gasteiger partial charge is 0.325 e. The second kappa shape index (κ2) is 4.06. The van der Waals surface area contributed by atoms with Crippen LogP contribution in [0.15, 0.2) is 16.8 Å². The van der Waals surface area contributed by atoms with Gasteiger partial charge in [0, 0.05) is 5.54 Å². The predicted molar refractivity (Wildman–Crippen MR) is 55.5 cm³/mol. The maximum absolute atomic E-state index is 6.19. The highest BCUT2D eigenvalue weighted by atomic mass is 32.1. The highest BCUT2D eigenvalue weighted by molar-refractivity contribution is 7.07. The minimum absolute atomic E-state index is 0.0150. The lowest BCUT2D eigenvalue weighted by Crippen LogP contribution is -2.40. The Kier molecular flexibility index (Phi) is 3.29. The minimum Gasteiger partial charge on any atom is -0.325 e. The third-order valence-corrected chi connectivity index (χ3v) is 3.28. The van der Waals surface area contributed by atoms with Gasteiger partial charge >= 0.3 is 0 Å². The molecule has 0 aliphatic heterocycles. The quantitative estimate of drug-likeness (QED) is 0.763. The standard InChI is InChI=1S/C10H17NS/c1-3-10(11,4-2)7-9-5-6-12-8-9/h5-6,8H,3-4,7,11H2,1-2H3. The smallest absolute Gasteiger partial charge is 0.0190 e. The number of nitrogens with two attached hydrogens (primary N) is 1. The third-order valence-electron chi connectivity index (χ3n) is 2.54. The normalized spacial score (nSPS) is 11.9. The first-order valence-corrected chi connectivity index (χ1v) is 5.44. The molecule has 2 heteroatoms. The molecule has 0 spiro atoms. The van der Waals surface area contributed by atoms with Crippen molar-refractivity contribution in [1.82, 2.24) is 0 Å². The van der Waals surface area contributed by atoms with Crippen molar-refractivity contribution in [3.8, 4) is 0 Å². The molecule has 1 rings (SSSR count). The van der Waals surface area contributed by atoms with Crippen molar-refractivity contribution >= 4 is 11.3 Å². The van der Waals surface area contributed by atoms with Crippen molar-refractivity contribution in [2.45, 2.75) is 38.6 Å². The van der Waals surface area contributed by atoms with Gasteiger partial charge in [-0.25, -0.2) is 0 Å². The Labute approximate surface area is 78.6 Å². The van der Waals surface area contributed by atoms with Crippen LogP contribution in [0.5, 0.6) is 0 Å². The van der Waals surface area contributed by atoms with Crippen molar-refractivity contribution in [2.24, 2.45) is 5.73 Å². The van der Waals surface area contributed by atoms with Crippen LogP contribution in [-0.4, -0.2) is 5.54 Å². The number of hydrogen-bond acceptors (Lipinski definition) is 2. The molecule has 0 unspecified atom stereocenters. The molecule has 0 atom stereocenters. The Morgan fingerprint density at radius 1 is 1.42 bits per heavy atom. The number of thiophene rings is 1. The maximum Gasteiger partial charge on any atom is 0.0190 e. The van der Waals surface area contributed by atoms with Crippen molar-refractivity contribution in [2.75, 3.05) is 0 Å². The van der Waals surface area contributed by atoms with E-state index in [1.807, 2.05) is 0 Å². The van der Waals surface area contributed by atoms with Gasteiger partial charge in [-0.15, -0.1) is 0 Å². The highest BCUT2D eigenvalue weighted by Crippen LogP contribution is 2.19. The van der Waals surface area contributed by atoms with E-state index in [9.17, 15) is 0 Å². The highest BCUT2D eigenvalue weighted by Gasteiger charge is 2.20. The van der Waals surface area contributed by atoms with E-state index < -0.39 is 0 Å². The van der Waals surface area contributed by atoms with Gasteiger partial charge in [-0.3, -0.25) is 0 Å². The summed E-state index contributed by atoms with van der Waals surface area (Å²) in [6.45, 7) is 4.33. The lowest BCUT2D eigenvalue weighted by Gasteiger charge is -2.26. The first-order chi connectivity index (χ1) is 5.70. The molecule has 1 heterocycles. The van der Waals surface area contributed by atoms with Crippen LogP contribution < -0.4 is 5.73 Å².